The van der Waals surface area contributed by atoms with E-state index in [2.05, 4.69) is 37.5 Å². The molecule has 1 aromatic rings. The Balaban J connectivity index is 0.855. The Morgan fingerprint density at radius 1 is 0.955 bits per heavy atom. The topological polar surface area (TPSA) is 38.8 Å². The van der Waals surface area contributed by atoms with E-state index in [4.69, 9.17) is 9.47 Å². The van der Waals surface area contributed by atoms with E-state index in [1.165, 1.54) is 112 Å². The fourth-order valence-electron chi connectivity index (χ4n) is 11.9. The quantitative estimate of drug-likeness (QED) is 0.294. The molecule has 4 fully saturated rings. The van der Waals surface area contributed by atoms with Crippen molar-refractivity contribution >= 4 is 17.0 Å². The number of rotatable bonds is 7. The summed E-state index contributed by atoms with van der Waals surface area (Å²) in [5, 5.41) is 0. The highest BCUT2D eigenvalue weighted by Gasteiger charge is 2.60. The van der Waals surface area contributed by atoms with Crippen LogP contribution in [0.1, 0.15) is 127 Å². The van der Waals surface area contributed by atoms with Crippen molar-refractivity contribution in [1.82, 2.24) is 0 Å². The van der Waals surface area contributed by atoms with Crippen molar-refractivity contribution in [3.8, 4) is 5.75 Å². The number of hydrogen-bond acceptors (Lipinski definition) is 4. The van der Waals surface area contributed by atoms with E-state index in [9.17, 15) is 4.79 Å². The Morgan fingerprint density at radius 2 is 1.80 bits per heavy atom. The standard InChI is InChI=1S/C40H55NO3/c1-26-23-27(33-24-28-10-7-20-41-21-8-11-32(37(28)41)38(33)44-26)9-5-4-6-22-43-36-15-14-34-31-13-12-29-25-30(42)16-18-39(29,2)35(31)17-19-40(34,36)3/h23-24,29,31,34-36H,1,4-22,25H2,2-3H3/t29-,31-,34-,35-,36-,39-,40-/m0/s1. The van der Waals surface area contributed by atoms with E-state index in [-0.39, 0.29) is 0 Å². The number of nitrogens with zero attached hydrogens (tertiary/aromatic N) is 1. The van der Waals surface area contributed by atoms with Gasteiger partial charge in [0.1, 0.15) is 17.3 Å². The van der Waals surface area contributed by atoms with Gasteiger partial charge >= 0.3 is 0 Å². The molecular formula is C40H55NO3. The maximum absolute atomic E-state index is 12.3. The highest BCUT2D eigenvalue weighted by Crippen LogP contribution is 2.66. The third kappa shape index (κ3) is 4.75. The first-order valence-corrected chi connectivity index (χ1v) is 18.5. The fourth-order valence-corrected chi connectivity index (χ4v) is 11.9. The fraction of sp³-hybridized carbons (Fsp3) is 0.725. The van der Waals surface area contributed by atoms with Crippen LogP contribution in [0.25, 0.3) is 5.57 Å². The molecule has 0 bridgehead atoms. The molecule has 4 saturated carbocycles. The van der Waals surface area contributed by atoms with Crippen LogP contribution in [-0.4, -0.2) is 31.6 Å². The first-order valence-electron chi connectivity index (χ1n) is 18.5. The highest BCUT2D eigenvalue weighted by molar-refractivity contribution is 5.82. The van der Waals surface area contributed by atoms with Crippen molar-refractivity contribution < 1.29 is 14.3 Å². The molecule has 0 saturated heterocycles. The minimum atomic E-state index is 0.348. The number of carbonyl (C=O) groups is 1. The maximum Gasteiger partial charge on any atom is 0.140 e. The highest BCUT2D eigenvalue weighted by atomic mass is 16.5. The van der Waals surface area contributed by atoms with Gasteiger partial charge in [0.25, 0.3) is 0 Å². The van der Waals surface area contributed by atoms with Crippen LogP contribution in [0.3, 0.4) is 0 Å². The molecule has 0 unspecified atom stereocenters. The number of ketones is 1. The number of hydrogen-bond donors (Lipinski definition) is 0. The summed E-state index contributed by atoms with van der Waals surface area (Å²) in [5.41, 5.74) is 7.98. The monoisotopic (exact) mass is 597 g/mol. The summed E-state index contributed by atoms with van der Waals surface area (Å²) < 4.78 is 13.1. The number of allylic oxidation sites excluding steroid dienone is 2. The zero-order chi connectivity index (χ0) is 30.1. The molecule has 7 aliphatic rings. The van der Waals surface area contributed by atoms with Crippen molar-refractivity contribution in [3.63, 3.8) is 0 Å². The zero-order valence-corrected chi connectivity index (χ0v) is 27.6. The molecule has 4 heteroatoms. The van der Waals surface area contributed by atoms with E-state index in [1.54, 1.807) is 0 Å². The Morgan fingerprint density at radius 3 is 2.68 bits per heavy atom. The van der Waals surface area contributed by atoms with Gasteiger partial charge in [0, 0.05) is 49.4 Å². The van der Waals surface area contributed by atoms with E-state index in [0.29, 0.717) is 28.6 Å². The van der Waals surface area contributed by atoms with Gasteiger partial charge in [-0.15, -0.1) is 0 Å². The smallest absolute Gasteiger partial charge is 0.140 e. The zero-order valence-electron chi connectivity index (χ0n) is 27.6. The second-order valence-electron chi connectivity index (χ2n) is 16.4. The number of aryl methyl sites for hydroxylation is 1. The van der Waals surface area contributed by atoms with Crippen LogP contribution in [0, 0.1) is 34.5 Å². The Hall–Kier alpha value is -2.07. The van der Waals surface area contributed by atoms with Crippen molar-refractivity contribution in [2.75, 3.05) is 24.6 Å². The van der Waals surface area contributed by atoms with Gasteiger partial charge in [-0.2, -0.15) is 0 Å². The molecule has 4 aliphatic carbocycles. The van der Waals surface area contributed by atoms with Gasteiger partial charge in [0.15, 0.2) is 0 Å². The summed E-state index contributed by atoms with van der Waals surface area (Å²) in [4.78, 5) is 14.9. The van der Waals surface area contributed by atoms with Crippen LogP contribution in [0.15, 0.2) is 24.5 Å². The molecule has 238 valence electrons. The third-order valence-electron chi connectivity index (χ3n) is 14.2. The predicted octanol–water partition coefficient (Wildman–Crippen LogP) is 9.23. The number of ether oxygens (including phenoxy) is 2. The van der Waals surface area contributed by atoms with Crippen molar-refractivity contribution in [3.05, 3.63) is 41.2 Å². The second kappa shape index (κ2) is 11.3. The lowest BCUT2D eigenvalue weighted by Gasteiger charge is -2.60. The van der Waals surface area contributed by atoms with Crippen molar-refractivity contribution in [2.24, 2.45) is 34.5 Å². The summed E-state index contributed by atoms with van der Waals surface area (Å²) >= 11 is 0. The van der Waals surface area contributed by atoms with Crippen LogP contribution >= 0.6 is 0 Å². The van der Waals surface area contributed by atoms with Gasteiger partial charge in [0.05, 0.1) is 6.10 Å². The van der Waals surface area contributed by atoms with E-state index in [0.717, 1.165) is 74.4 Å². The van der Waals surface area contributed by atoms with Gasteiger partial charge in [-0.05, 0) is 148 Å². The van der Waals surface area contributed by atoms with Gasteiger partial charge in [0.2, 0.25) is 0 Å². The Bertz CT molecular complexity index is 1360. The number of anilines is 1. The first kappa shape index (κ1) is 29.3. The van der Waals surface area contributed by atoms with Crippen LogP contribution in [0.2, 0.25) is 0 Å². The molecule has 0 spiro atoms. The average Bonchev–Trinajstić information content (AvgIpc) is 3.36. The van der Waals surface area contributed by atoms with Crippen LogP contribution in [0.5, 0.6) is 5.75 Å². The van der Waals surface area contributed by atoms with Crippen molar-refractivity contribution in [2.45, 2.75) is 129 Å². The number of unbranched alkanes of at least 4 members (excludes halogenated alkanes) is 2. The number of fused-ring (bicyclic) bond motifs is 7. The van der Waals surface area contributed by atoms with E-state index in [1.807, 2.05) is 0 Å². The van der Waals surface area contributed by atoms with Crippen molar-refractivity contribution in [1.29, 1.82) is 0 Å². The first-order chi connectivity index (χ1) is 21.3. The average molecular weight is 598 g/mol. The van der Waals surface area contributed by atoms with E-state index >= 15 is 0 Å². The minimum absolute atomic E-state index is 0.348. The van der Waals surface area contributed by atoms with Crippen LogP contribution < -0.4 is 9.64 Å². The maximum atomic E-state index is 12.3. The summed E-state index contributed by atoms with van der Waals surface area (Å²) in [6, 6.07) is 2.46. The second-order valence-corrected chi connectivity index (χ2v) is 16.4. The predicted molar refractivity (Wildman–Crippen MR) is 178 cm³/mol. The largest absolute Gasteiger partial charge is 0.457 e. The molecule has 0 amide bonds. The number of carbonyl (C=O) groups excluding carboxylic acids is 1. The van der Waals surface area contributed by atoms with Gasteiger partial charge < -0.3 is 14.4 Å². The molecule has 0 aromatic heterocycles. The number of benzene rings is 1. The lowest BCUT2D eigenvalue weighted by atomic mass is 9.45. The summed E-state index contributed by atoms with van der Waals surface area (Å²) in [6.07, 6.45) is 22.8. The molecule has 4 nitrogen and oxygen atoms in total. The molecule has 3 heterocycles. The molecule has 0 radical (unpaired) electrons. The van der Waals surface area contributed by atoms with E-state index < -0.39 is 0 Å². The molecule has 0 N–H and O–H groups in total. The third-order valence-corrected chi connectivity index (χ3v) is 14.2. The normalized spacial score (nSPS) is 37.3. The number of Topliss-reactive ketones (excluding diaryl/α,β-unsaturated/α-hetero) is 1. The lowest BCUT2D eigenvalue weighted by Crippen LogP contribution is -2.54. The minimum Gasteiger partial charge on any atom is -0.457 e. The van der Waals surface area contributed by atoms with Crippen LogP contribution in [-0.2, 0) is 22.4 Å². The van der Waals surface area contributed by atoms with Gasteiger partial charge in [-0.3, -0.25) is 4.79 Å². The molecule has 44 heavy (non-hydrogen) atoms. The summed E-state index contributed by atoms with van der Waals surface area (Å²) in [7, 11) is 0. The lowest BCUT2D eigenvalue weighted by molar-refractivity contribution is -0.145. The SMILES string of the molecule is C=C1C=C(CCCCCO[C@H]2CC[C@H]3[C@@H]4CC[C@H]5CC(=O)CC[C@]5(C)[C@H]4CC[C@]23C)c2cc3c4c(c2O1)CCCN4CCC3. The molecule has 7 atom stereocenters. The van der Waals surface area contributed by atoms with Crippen LogP contribution in [0.4, 0.5) is 5.69 Å². The summed E-state index contributed by atoms with van der Waals surface area (Å²) in [5.74, 6) is 5.59. The summed E-state index contributed by atoms with van der Waals surface area (Å²) in [6.45, 7) is 12.7. The molecule has 3 aliphatic heterocycles. The van der Waals surface area contributed by atoms with Gasteiger partial charge in [-0.25, -0.2) is 0 Å². The Labute approximate surface area is 266 Å². The molecular weight excluding hydrogens is 542 g/mol. The molecule has 1 aromatic carbocycles. The Kier molecular flexibility index (Phi) is 7.55. The molecule has 8 rings (SSSR count). The van der Waals surface area contributed by atoms with Gasteiger partial charge in [-0.1, -0.05) is 26.8 Å².